The molecule has 3 nitrogen and oxygen atoms in total. The van der Waals surface area contributed by atoms with Gasteiger partial charge in [0.05, 0.1) is 19.0 Å². The molecule has 0 aromatic rings. The van der Waals surface area contributed by atoms with Crippen molar-refractivity contribution in [2.75, 3.05) is 26.2 Å². The van der Waals surface area contributed by atoms with E-state index in [1.807, 2.05) is 0 Å². The summed E-state index contributed by atoms with van der Waals surface area (Å²) in [5.41, 5.74) is 0. The van der Waals surface area contributed by atoms with Crippen molar-refractivity contribution in [1.82, 2.24) is 4.90 Å². The van der Waals surface area contributed by atoms with E-state index in [2.05, 4.69) is 29.0 Å². The fourth-order valence-corrected chi connectivity index (χ4v) is 2.06. The van der Waals surface area contributed by atoms with Crippen LogP contribution in [-0.4, -0.2) is 42.1 Å². The average Bonchev–Trinajstić information content (AvgIpc) is 2.76. The lowest BCUT2D eigenvalue weighted by Crippen LogP contribution is -2.30. The zero-order valence-corrected chi connectivity index (χ0v) is 11.1. The smallest absolute Gasteiger partial charge is 0.0991 e. The molecule has 1 aliphatic rings. The minimum Gasteiger partial charge on any atom is -0.395 e. The summed E-state index contributed by atoms with van der Waals surface area (Å²) in [7, 11) is 0. The van der Waals surface area contributed by atoms with Gasteiger partial charge in [0.25, 0.3) is 0 Å². The van der Waals surface area contributed by atoms with Gasteiger partial charge in [-0.3, -0.25) is 4.99 Å². The van der Waals surface area contributed by atoms with Crippen LogP contribution < -0.4 is 0 Å². The van der Waals surface area contributed by atoms with Gasteiger partial charge >= 0.3 is 0 Å². The number of hydrogen-bond acceptors (Lipinski definition) is 3. The zero-order chi connectivity index (χ0) is 12.3. The maximum absolute atomic E-state index is 8.93. The Morgan fingerprint density at radius 3 is 2.76 bits per heavy atom. The van der Waals surface area contributed by atoms with E-state index in [4.69, 9.17) is 5.11 Å². The van der Waals surface area contributed by atoms with Gasteiger partial charge in [0.2, 0.25) is 0 Å². The summed E-state index contributed by atoms with van der Waals surface area (Å²) in [6, 6.07) is 0. The number of nitrogens with zero attached hydrogens (tertiary/aromatic N) is 2. The third-order valence-electron chi connectivity index (χ3n) is 3.06. The Morgan fingerprint density at radius 2 is 2.06 bits per heavy atom. The van der Waals surface area contributed by atoms with E-state index in [0.29, 0.717) is 0 Å². The Kier molecular flexibility index (Phi) is 7.72. The zero-order valence-electron chi connectivity index (χ0n) is 11.1. The Morgan fingerprint density at radius 1 is 1.29 bits per heavy atom. The first-order chi connectivity index (χ1) is 8.38. The number of amidine groups is 1. The molecule has 0 saturated carbocycles. The fourth-order valence-electron chi connectivity index (χ4n) is 2.06. The summed E-state index contributed by atoms with van der Waals surface area (Å²) in [4.78, 5) is 6.70. The molecule has 0 aromatic carbocycles. The van der Waals surface area contributed by atoms with E-state index < -0.39 is 0 Å². The van der Waals surface area contributed by atoms with Gasteiger partial charge in [-0.2, -0.15) is 0 Å². The molecule has 0 aromatic heterocycles. The van der Waals surface area contributed by atoms with E-state index in [0.717, 1.165) is 32.5 Å². The normalized spacial score (nSPS) is 15.9. The third kappa shape index (κ3) is 5.87. The summed E-state index contributed by atoms with van der Waals surface area (Å²) in [6.45, 7) is 5.09. The number of aliphatic hydroxyl groups excluding tert-OH is 1. The van der Waals surface area contributed by atoms with E-state index in [-0.39, 0.29) is 6.61 Å². The van der Waals surface area contributed by atoms with E-state index in [9.17, 15) is 0 Å². The van der Waals surface area contributed by atoms with Crippen molar-refractivity contribution < 1.29 is 5.11 Å². The first kappa shape index (κ1) is 14.2. The van der Waals surface area contributed by atoms with Crippen LogP contribution in [0.5, 0.6) is 0 Å². The van der Waals surface area contributed by atoms with E-state index in [1.54, 1.807) is 0 Å². The average molecular weight is 238 g/mol. The van der Waals surface area contributed by atoms with Crippen LogP contribution >= 0.6 is 0 Å². The predicted octanol–water partition coefficient (Wildman–Crippen LogP) is 2.61. The molecular formula is C14H26N2O. The standard InChI is InChI=1S/C14H26N2O/c1-2-3-4-5-6-7-8-9-14-15-10-11-16(14)12-13-17/h5-6,17H,2-4,7-13H2,1H3/b6-5+. The fraction of sp³-hybridized carbons (Fsp3) is 0.786. The quantitative estimate of drug-likeness (QED) is 0.495. The Hall–Kier alpha value is -0.830. The molecule has 0 radical (unpaired) electrons. The lowest BCUT2D eigenvalue weighted by Gasteiger charge is -2.18. The van der Waals surface area contributed by atoms with Gasteiger partial charge < -0.3 is 10.0 Å². The number of aliphatic hydroxyl groups is 1. The van der Waals surface area contributed by atoms with E-state index >= 15 is 0 Å². The van der Waals surface area contributed by atoms with Crippen LogP contribution in [0.15, 0.2) is 17.1 Å². The van der Waals surface area contributed by atoms with Crippen LogP contribution in [0.1, 0.15) is 45.4 Å². The molecule has 17 heavy (non-hydrogen) atoms. The maximum Gasteiger partial charge on any atom is 0.0991 e. The highest BCUT2D eigenvalue weighted by atomic mass is 16.3. The Bertz CT molecular complexity index is 249. The molecule has 0 atom stereocenters. The summed E-state index contributed by atoms with van der Waals surface area (Å²) in [5.74, 6) is 1.20. The lowest BCUT2D eigenvalue weighted by atomic mass is 10.2. The minimum atomic E-state index is 0.232. The molecule has 1 heterocycles. The molecular weight excluding hydrogens is 212 g/mol. The summed E-state index contributed by atoms with van der Waals surface area (Å²) in [5, 5.41) is 8.93. The van der Waals surface area contributed by atoms with E-state index in [1.165, 1.54) is 31.5 Å². The second-order valence-corrected chi connectivity index (χ2v) is 4.51. The van der Waals surface area contributed by atoms with Crippen molar-refractivity contribution >= 4 is 5.84 Å². The number of unbranched alkanes of at least 4 members (excludes halogenated alkanes) is 3. The number of aliphatic imine (C=N–C) groups is 1. The van der Waals surface area contributed by atoms with Crippen molar-refractivity contribution in [1.29, 1.82) is 0 Å². The monoisotopic (exact) mass is 238 g/mol. The van der Waals surface area contributed by atoms with Gasteiger partial charge in [-0.05, 0) is 19.3 Å². The van der Waals surface area contributed by atoms with Crippen LogP contribution in [0.3, 0.4) is 0 Å². The van der Waals surface area contributed by atoms with Crippen LogP contribution in [0.4, 0.5) is 0 Å². The Balaban J connectivity index is 2.07. The number of rotatable bonds is 9. The van der Waals surface area contributed by atoms with Crippen molar-refractivity contribution in [3.8, 4) is 0 Å². The number of allylic oxidation sites excluding steroid dienone is 2. The first-order valence-corrected chi connectivity index (χ1v) is 6.92. The first-order valence-electron chi connectivity index (χ1n) is 6.92. The molecule has 0 bridgehead atoms. The summed E-state index contributed by atoms with van der Waals surface area (Å²) >= 11 is 0. The minimum absolute atomic E-state index is 0.232. The van der Waals surface area contributed by atoms with Gasteiger partial charge in [-0.15, -0.1) is 0 Å². The van der Waals surface area contributed by atoms with Gasteiger partial charge in [0.1, 0.15) is 0 Å². The molecule has 1 N–H and O–H groups in total. The van der Waals surface area contributed by atoms with Gasteiger partial charge in [0.15, 0.2) is 0 Å². The molecule has 0 unspecified atom stereocenters. The molecule has 3 heteroatoms. The molecule has 0 fully saturated rings. The second-order valence-electron chi connectivity index (χ2n) is 4.51. The second kappa shape index (κ2) is 9.23. The van der Waals surface area contributed by atoms with Gasteiger partial charge in [0, 0.05) is 19.5 Å². The molecule has 1 rings (SSSR count). The molecule has 0 spiro atoms. The molecule has 0 saturated heterocycles. The van der Waals surface area contributed by atoms with Gasteiger partial charge in [-0.1, -0.05) is 31.9 Å². The molecule has 0 aliphatic carbocycles. The maximum atomic E-state index is 8.93. The van der Waals surface area contributed by atoms with Crippen molar-refractivity contribution in [2.24, 2.45) is 4.99 Å². The largest absolute Gasteiger partial charge is 0.395 e. The topological polar surface area (TPSA) is 35.8 Å². The summed E-state index contributed by atoms with van der Waals surface area (Å²) in [6.07, 6.45) is 11.8. The highest BCUT2D eigenvalue weighted by Gasteiger charge is 2.14. The third-order valence-corrected chi connectivity index (χ3v) is 3.06. The number of hydrogen-bond donors (Lipinski definition) is 1. The van der Waals surface area contributed by atoms with Crippen LogP contribution in [0, 0.1) is 0 Å². The molecule has 0 amide bonds. The Labute approximate surface area is 105 Å². The van der Waals surface area contributed by atoms with Crippen molar-refractivity contribution in [2.45, 2.75) is 45.4 Å². The predicted molar refractivity (Wildman–Crippen MR) is 73.5 cm³/mol. The molecule has 1 aliphatic heterocycles. The van der Waals surface area contributed by atoms with Crippen LogP contribution in [0.25, 0.3) is 0 Å². The van der Waals surface area contributed by atoms with Crippen molar-refractivity contribution in [3.05, 3.63) is 12.2 Å². The highest BCUT2D eigenvalue weighted by Crippen LogP contribution is 2.09. The lowest BCUT2D eigenvalue weighted by molar-refractivity contribution is 0.255. The van der Waals surface area contributed by atoms with Gasteiger partial charge in [-0.25, -0.2) is 0 Å². The summed E-state index contributed by atoms with van der Waals surface area (Å²) < 4.78 is 0. The van der Waals surface area contributed by atoms with Crippen molar-refractivity contribution in [3.63, 3.8) is 0 Å². The van der Waals surface area contributed by atoms with Crippen LogP contribution in [0.2, 0.25) is 0 Å². The number of β-amino-alcohol motifs (C(OH)–C–C–N with tert-alkyl or cyclic N) is 1. The highest BCUT2D eigenvalue weighted by molar-refractivity contribution is 5.83. The molecule has 98 valence electrons. The van der Waals surface area contributed by atoms with Crippen LogP contribution in [-0.2, 0) is 0 Å². The SMILES string of the molecule is CCCC/C=C/CCCC1=NCCN1CCO.